The zero-order valence-corrected chi connectivity index (χ0v) is 27.1. The summed E-state index contributed by atoms with van der Waals surface area (Å²) in [7, 11) is 0. The standard InChI is InChI=1S/C41H39N3O3/c1-4-16-33-34-24-25-35(39(46)38(34)43-26-15-14-23-36(33)43)40(47-29(3)45)37-28(2)44(27-42-37)41(30-17-8-5-9-18-30,31-19-10-6-11-20-31)32-21-12-7-13-22-32/h5-15,17-23,26-27,35,40H,4,16,24-25H2,1-3H3. The van der Waals surface area contributed by atoms with Crippen LogP contribution in [0.5, 0.6) is 0 Å². The third-order valence-electron chi connectivity index (χ3n) is 9.74. The number of benzene rings is 3. The normalized spacial score (nSPS) is 15.4. The van der Waals surface area contributed by atoms with Crippen LogP contribution in [0, 0.1) is 12.8 Å². The third-order valence-corrected chi connectivity index (χ3v) is 9.74. The lowest BCUT2D eigenvalue weighted by Crippen LogP contribution is -2.38. The van der Waals surface area contributed by atoms with Crippen molar-refractivity contribution >= 4 is 17.3 Å². The van der Waals surface area contributed by atoms with E-state index in [4.69, 9.17) is 9.72 Å². The second kappa shape index (κ2) is 12.5. The van der Waals surface area contributed by atoms with E-state index in [0.717, 1.165) is 52.7 Å². The first-order valence-corrected chi connectivity index (χ1v) is 16.5. The van der Waals surface area contributed by atoms with Gasteiger partial charge in [0.2, 0.25) is 0 Å². The van der Waals surface area contributed by atoms with E-state index < -0.39 is 23.5 Å². The first-order valence-electron chi connectivity index (χ1n) is 16.5. The van der Waals surface area contributed by atoms with Crippen molar-refractivity contribution in [2.45, 2.75) is 58.1 Å². The van der Waals surface area contributed by atoms with Crippen molar-refractivity contribution in [1.29, 1.82) is 0 Å². The minimum atomic E-state index is -0.835. The number of aryl methyl sites for hydroxylation is 1. The minimum Gasteiger partial charge on any atom is -0.455 e. The number of ketones is 1. The van der Waals surface area contributed by atoms with Gasteiger partial charge in [-0.15, -0.1) is 0 Å². The lowest BCUT2D eigenvalue weighted by Gasteiger charge is -2.38. The molecule has 6 nitrogen and oxygen atoms in total. The molecule has 0 fully saturated rings. The average molecular weight is 622 g/mol. The van der Waals surface area contributed by atoms with Crippen LogP contribution in [-0.2, 0) is 27.9 Å². The van der Waals surface area contributed by atoms with Gasteiger partial charge in [0.15, 0.2) is 11.9 Å². The van der Waals surface area contributed by atoms with Gasteiger partial charge in [0.25, 0.3) is 0 Å². The Bertz CT molecular complexity index is 1950. The van der Waals surface area contributed by atoms with Crippen molar-refractivity contribution < 1.29 is 14.3 Å². The number of nitrogens with zero attached hydrogens (tertiary/aromatic N) is 3. The summed E-state index contributed by atoms with van der Waals surface area (Å²) in [5, 5.41) is 0. The maximum absolute atomic E-state index is 14.6. The fourth-order valence-electron chi connectivity index (χ4n) is 7.79. The van der Waals surface area contributed by atoms with E-state index in [1.807, 2.05) is 54.2 Å². The molecule has 6 aromatic rings. The quantitative estimate of drug-likeness (QED) is 0.120. The summed E-state index contributed by atoms with van der Waals surface area (Å²) in [6.45, 7) is 5.60. The maximum Gasteiger partial charge on any atom is 0.303 e. The summed E-state index contributed by atoms with van der Waals surface area (Å²) in [5.41, 5.74) is 8.01. The number of esters is 1. The molecule has 2 unspecified atom stereocenters. The number of hydrogen-bond acceptors (Lipinski definition) is 4. The molecular formula is C41H39N3O3. The van der Waals surface area contributed by atoms with E-state index >= 15 is 0 Å². The molecule has 7 rings (SSSR count). The van der Waals surface area contributed by atoms with Crippen LogP contribution in [-0.4, -0.2) is 25.7 Å². The number of carbonyl (C=O) groups excluding carboxylic acids is 2. The lowest BCUT2D eigenvalue weighted by atomic mass is 9.76. The summed E-state index contributed by atoms with van der Waals surface area (Å²) < 4.78 is 10.3. The monoisotopic (exact) mass is 621 g/mol. The molecule has 1 aliphatic rings. The van der Waals surface area contributed by atoms with Crippen molar-refractivity contribution in [2.75, 3.05) is 0 Å². The van der Waals surface area contributed by atoms with Crippen LogP contribution in [0.3, 0.4) is 0 Å². The predicted octanol–water partition coefficient (Wildman–Crippen LogP) is 8.29. The van der Waals surface area contributed by atoms with Gasteiger partial charge in [-0.25, -0.2) is 4.98 Å². The highest BCUT2D eigenvalue weighted by molar-refractivity contribution is 6.01. The Balaban J connectivity index is 1.41. The molecule has 2 atom stereocenters. The van der Waals surface area contributed by atoms with E-state index in [9.17, 15) is 9.59 Å². The zero-order valence-electron chi connectivity index (χ0n) is 27.1. The topological polar surface area (TPSA) is 65.6 Å². The lowest BCUT2D eigenvalue weighted by molar-refractivity contribution is -0.149. The zero-order chi connectivity index (χ0) is 32.5. The number of hydrogen-bond donors (Lipinski definition) is 0. The Hall–Kier alpha value is -5.23. The molecular weight excluding hydrogens is 582 g/mol. The maximum atomic E-state index is 14.6. The summed E-state index contributed by atoms with van der Waals surface area (Å²) in [6.07, 6.45) is 6.21. The highest BCUT2D eigenvalue weighted by Gasteiger charge is 2.44. The van der Waals surface area contributed by atoms with Crippen LogP contribution in [0.4, 0.5) is 0 Å². The van der Waals surface area contributed by atoms with Gasteiger partial charge in [-0.05, 0) is 66.1 Å². The van der Waals surface area contributed by atoms with Gasteiger partial charge in [0, 0.05) is 24.3 Å². The van der Waals surface area contributed by atoms with Gasteiger partial charge in [-0.2, -0.15) is 0 Å². The van der Waals surface area contributed by atoms with E-state index in [1.165, 1.54) is 12.5 Å². The summed E-state index contributed by atoms with van der Waals surface area (Å²) in [4.78, 5) is 32.3. The van der Waals surface area contributed by atoms with Crippen LogP contribution in [0.15, 0.2) is 122 Å². The van der Waals surface area contributed by atoms with E-state index in [1.54, 1.807) is 0 Å². The van der Waals surface area contributed by atoms with Crippen molar-refractivity contribution in [2.24, 2.45) is 5.92 Å². The Kier molecular flexibility index (Phi) is 8.10. The molecule has 0 spiro atoms. The average Bonchev–Trinajstić information content (AvgIpc) is 3.64. The van der Waals surface area contributed by atoms with Crippen LogP contribution < -0.4 is 0 Å². The fourth-order valence-corrected chi connectivity index (χ4v) is 7.79. The van der Waals surface area contributed by atoms with Crippen LogP contribution in [0.25, 0.3) is 5.52 Å². The number of rotatable bonds is 9. The number of ether oxygens (including phenoxy) is 1. The van der Waals surface area contributed by atoms with E-state index in [-0.39, 0.29) is 5.78 Å². The SMILES string of the molecule is CCCc1c2c(n3ccccc13)C(=O)C(C(OC(C)=O)c1ncn(C(c3ccccc3)(c3ccccc3)c3ccccc3)c1C)CC2. The Morgan fingerprint density at radius 3 is 2.02 bits per heavy atom. The molecule has 0 saturated heterocycles. The van der Waals surface area contributed by atoms with Crippen LogP contribution in [0.2, 0.25) is 0 Å². The largest absolute Gasteiger partial charge is 0.455 e. The molecule has 47 heavy (non-hydrogen) atoms. The summed E-state index contributed by atoms with van der Waals surface area (Å²) in [6, 6.07) is 37.3. The third kappa shape index (κ3) is 4.99. The van der Waals surface area contributed by atoms with Gasteiger partial charge in [-0.1, -0.05) is 110 Å². The number of carbonyl (C=O) groups is 2. The molecule has 3 heterocycles. The molecule has 3 aromatic carbocycles. The number of Topliss-reactive ketones (excluding diaryl/α,β-unsaturated/α-hetero) is 1. The van der Waals surface area contributed by atoms with Gasteiger partial charge in [0.1, 0.15) is 11.2 Å². The fraction of sp³-hybridized carbons (Fsp3) is 0.244. The first kappa shape index (κ1) is 30.4. The van der Waals surface area contributed by atoms with E-state index in [2.05, 4.69) is 90.4 Å². The molecule has 0 N–H and O–H groups in total. The molecule has 0 aliphatic heterocycles. The predicted molar refractivity (Wildman–Crippen MR) is 184 cm³/mol. The first-order chi connectivity index (χ1) is 23.0. The molecule has 0 amide bonds. The molecule has 0 bridgehead atoms. The number of aromatic nitrogens is 3. The number of fused-ring (bicyclic) bond motifs is 3. The molecule has 1 aliphatic carbocycles. The second-order valence-electron chi connectivity index (χ2n) is 12.4. The van der Waals surface area contributed by atoms with Crippen molar-refractivity contribution in [1.82, 2.24) is 14.0 Å². The Morgan fingerprint density at radius 2 is 1.47 bits per heavy atom. The number of imidazole rings is 1. The van der Waals surface area contributed by atoms with Crippen molar-refractivity contribution in [3.8, 4) is 0 Å². The smallest absolute Gasteiger partial charge is 0.303 e. The second-order valence-corrected chi connectivity index (χ2v) is 12.4. The van der Waals surface area contributed by atoms with Gasteiger partial charge >= 0.3 is 5.97 Å². The van der Waals surface area contributed by atoms with Gasteiger partial charge in [-0.3, -0.25) is 9.59 Å². The van der Waals surface area contributed by atoms with Crippen molar-refractivity contribution in [3.05, 3.63) is 167 Å². The highest BCUT2D eigenvalue weighted by Crippen LogP contribution is 2.45. The van der Waals surface area contributed by atoms with Crippen molar-refractivity contribution in [3.63, 3.8) is 0 Å². The van der Waals surface area contributed by atoms with Gasteiger partial charge < -0.3 is 13.7 Å². The molecule has 6 heteroatoms. The summed E-state index contributed by atoms with van der Waals surface area (Å²) >= 11 is 0. The highest BCUT2D eigenvalue weighted by atomic mass is 16.5. The number of pyridine rings is 1. The summed E-state index contributed by atoms with van der Waals surface area (Å²) in [5.74, 6) is -1.01. The Morgan fingerprint density at radius 1 is 0.894 bits per heavy atom. The molecule has 236 valence electrons. The van der Waals surface area contributed by atoms with Gasteiger partial charge in [0.05, 0.1) is 17.9 Å². The molecule has 3 aromatic heterocycles. The van der Waals surface area contributed by atoms with E-state index in [0.29, 0.717) is 17.8 Å². The molecule has 0 saturated carbocycles. The minimum absolute atomic E-state index is 0.00422. The van der Waals surface area contributed by atoms with Crippen LogP contribution >= 0.6 is 0 Å². The molecule has 0 radical (unpaired) electrons. The Labute approximate surface area is 275 Å². The van der Waals surface area contributed by atoms with Crippen LogP contribution in [0.1, 0.15) is 82.5 Å².